The van der Waals surface area contributed by atoms with Crippen LogP contribution in [0.5, 0.6) is 0 Å². The summed E-state index contributed by atoms with van der Waals surface area (Å²) in [7, 11) is 0. The summed E-state index contributed by atoms with van der Waals surface area (Å²) in [6.07, 6.45) is 2.35. The molecule has 5 nitrogen and oxygen atoms in total. The van der Waals surface area contributed by atoms with Crippen molar-refractivity contribution in [2.45, 2.75) is 25.8 Å². The van der Waals surface area contributed by atoms with Crippen LogP contribution in [0, 0.1) is 0 Å². The number of rotatable bonds is 4. The molecule has 0 spiro atoms. The van der Waals surface area contributed by atoms with Crippen molar-refractivity contribution in [2.24, 2.45) is 0 Å². The van der Waals surface area contributed by atoms with Crippen LogP contribution >= 0.6 is 0 Å². The third kappa shape index (κ3) is 3.38. The number of benzene rings is 1. The lowest BCUT2D eigenvalue weighted by Crippen LogP contribution is -2.40. The topological polar surface area (TPSA) is 84.4 Å². The third-order valence-corrected chi connectivity index (χ3v) is 3.64. The first-order valence-electron chi connectivity index (χ1n) is 6.78. The fourth-order valence-electron chi connectivity index (χ4n) is 2.66. The number of hydrogen-bond acceptors (Lipinski definition) is 4. The average Bonchev–Trinajstić information content (AvgIpc) is 2.82. The SMILES string of the molecule is CCN1CCCC1CNC(=O)c1cc(N)cc(N)c1. The normalized spacial score (nSPS) is 19.5. The lowest BCUT2D eigenvalue weighted by molar-refractivity contribution is 0.0941. The van der Waals surface area contributed by atoms with E-state index in [0.29, 0.717) is 29.5 Å². The molecule has 1 fully saturated rings. The number of likely N-dealkylation sites (tertiary alicyclic amines) is 1. The van der Waals surface area contributed by atoms with Crippen molar-refractivity contribution < 1.29 is 4.79 Å². The van der Waals surface area contributed by atoms with Gasteiger partial charge in [-0.2, -0.15) is 0 Å². The van der Waals surface area contributed by atoms with Gasteiger partial charge >= 0.3 is 0 Å². The van der Waals surface area contributed by atoms with Crippen LogP contribution in [0.1, 0.15) is 30.1 Å². The zero-order valence-electron chi connectivity index (χ0n) is 11.4. The molecule has 5 heteroatoms. The van der Waals surface area contributed by atoms with Gasteiger partial charge in [0.25, 0.3) is 5.91 Å². The maximum Gasteiger partial charge on any atom is 0.251 e. The van der Waals surface area contributed by atoms with Crippen molar-refractivity contribution in [1.82, 2.24) is 10.2 Å². The number of carbonyl (C=O) groups excluding carboxylic acids is 1. The average molecular weight is 262 g/mol. The van der Waals surface area contributed by atoms with Gasteiger partial charge < -0.3 is 16.8 Å². The van der Waals surface area contributed by atoms with E-state index in [4.69, 9.17) is 11.5 Å². The van der Waals surface area contributed by atoms with Gasteiger partial charge in [-0.15, -0.1) is 0 Å². The van der Waals surface area contributed by atoms with Crippen LogP contribution < -0.4 is 16.8 Å². The summed E-state index contributed by atoms with van der Waals surface area (Å²) in [5.74, 6) is -0.109. The first-order chi connectivity index (χ1) is 9.10. The van der Waals surface area contributed by atoms with Crippen LogP contribution in [0.15, 0.2) is 18.2 Å². The largest absolute Gasteiger partial charge is 0.399 e. The molecule has 1 heterocycles. The first kappa shape index (κ1) is 13.7. The second-order valence-corrected chi connectivity index (χ2v) is 5.02. The van der Waals surface area contributed by atoms with Gasteiger partial charge in [-0.3, -0.25) is 9.69 Å². The molecule has 1 saturated heterocycles. The third-order valence-electron chi connectivity index (χ3n) is 3.64. The molecule has 1 aromatic rings. The predicted octanol–water partition coefficient (Wildman–Crippen LogP) is 1.07. The van der Waals surface area contributed by atoms with E-state index < -0.39 is 0 Å². The number of hydrogen-bond donors (Lipinski definition) is 3. The molecule has 1 atom stereocenters. The zero-order chi connectivity index (χ0) is 13.8. The summed E-state index contributed by atoms with van der Waals surface area (Å²) in [5, 5.41) is 2.97. The highest BCUT2D eigenvalue weighted by atomic mass is 16.1. The monoisotopic (exact) mass is 262 g/mol. The summed E-state index contributed by atoms with van der Waals surface area (Å²) in [6.45, 7) is 4.99. The smallest absolute Gasteiger partial charge is 0.251 e. The number of anilines is 2. The molecule has 0 bridgehead atoms. The van der Waals surface area contributed by atoms with Gasteiger partial charge in [0.2, 0.25) is 0 Å². The molecular formula is C14H22N4O. The van der Waals surface area contributed by atoms with E-state index in [1.165, 1.54) is 6.42 Å². The number of nitrogens with zero attached hydrogens (tertiary/aromatic N) is 1. The number of amides is 1. The molecule has 1 aliphatic heterocycles. The summed E-state index contributed by atoms with van der Waals surface area (Å²) in [5.41, 5.74) is 12.9. The Kier molecular flexibility index (Phi) is 4.27. The van der Waals surface area contributed by atoms with Crippen LogP contribution in [0.3, 0.4) is 0 Å². The maximum atomic E-state index is 12.1. The van der Waals surface area contributed by atoms with E-state index in [1.54, 1.807) is 18.2 Å². The van der Waals surface area contributed by atoms with E-state index >= 15 is 0 Å². The Hall–Kier alpha value is -1.75. The summed E-state index contributed by atoms with van der Waals surface area (Å²) < 4.78 is 0. The molecule has 0 radical (unpaired) electrons. The summed E-state index contributed by atoms with van der Waals surface area (Å²) >= 11 is 0. The standard InChI is InChI=1S/C14H22N4O/c1-2-18-5-3-4-13(18)9-17-14(19)10-6-11(15)8-12(16)7-10/h6-8,13H,2-5,9,15-16H2,1H3,(H,17,19). The summed E-state index contributed by atoms with van der Waals surface area (Å²) in [4.78, 5) is 14.5. The molecular weight excluding hydrogens is 240 g/mol. The number of likely N-dealkylation sites (N-methyl/N-ethyl adjacent to an activating group) is 1. The van der Waals surface area contributed by atoms with Gasteiger partial charge in [0.15, 0.2) is 0 Å². The van der Waals surface area contributed by atoms with Crippen molar-refractivity contribution in [3.05, 3.63) is 23.8 Å². The van der Waals surface area contributed by atoms with Crippen LogP contribution in [0.4, 0.5) is 11.4 Å². The van der Waals surface area contributed by atoms with Gasteiger partial charge in [0.1, 0.15) is 0 Å². The number of carbonyl (C=O) groups is 1. The molecule has 0 aromatic heterocycles. The molecule has 104 valence electrons. The Labute approximate surface area is 113 Å². The van der Waals surface area contributed by atoms with Crippen LogP contribution in [-0.4, -0.2) is 36.5 Å². The molecule has 1 unspecified atom stereocenters. The Morgan fingerprint density at radius 3 is 2.68 bits per heavy atom. The Morgan fingerprint density at radius 1 is 1.37 bits per heavy atom. The Balaban J connectivity index is 1.94. The van der Waals surface area contributed by atoms with Gasteiger partial charge in [-0.05, 0) is 44.1 Å². The zero-order valence-corrected chi connectivity index (χ0v) is 11.4. The summed E-state index contributed by atoms with van der Waals surface area (Å²) in [6, 6.07) is 5.40. The van der Waals surface area contributed by atoms with Crippen molar-refractivity contribution in [3.63, 3.8) is 0 Å². The molecule has 5 N–H and O–H groups in total. The quantitative estimate of drug-likeness (QED) is 0.709. The number of nitrogens with one attached hydrogen (secondary N) is 1. The number of nitrogen functional groups attached to an aromatic ring is 2. The van der Waals surface area contributed by atoms with E-state index in [1.807, 2.05) is 0 Å². The van der Waals surface area contributed by atoms with Crippen molar-refractivity contribution in [1.29, 1.82) is 0 Å². The van der Waals surface area contributed by atoms with E-state index in [0.717, 1.165) is 19.5 Å². The van der Waals surface area contributed by atoms with Gasteiger partial charge in [0.05, 0.1) is 0 Å². The van der Waals surface area contributed by atoms with Gasteiger partial charge in [0, 0.05) is 29.5 Å². The second kappa shape index (κ2) is 5.93. The predicted molar refractivity (Wildman–Crippen MR) is 77.9 cm³/mol. The molecule has 2 rings (SSSR count). The molecule has 0 aliphatic carbocycles. The molecule has 0 saturated carbocycles. The lowest BCUT2D eigenvalue weighted by atomic mass is 10.1. The highest BCUT2D eigenvalue weighted by molar-refractivity contribution is 5.96. The molecule has 1 amide bonds. The minimum atomic E-state index is -0.109. The van der Waals surface area contributed by atoms with Gasteiger partial charge in [-0.1, -0.05) is 6.92 Å². The Morgan fingerprint density at radius 2 is 2.05 bits per heavy atom. The van der Waals surface area contributed by atoms with E-state index in [9.17, 15) is 4.79 Å². The van der Waals surface area contributed by atoms with Crippen molar-refractivity contribution in [3.8, 4) is 0 Å². The first-order valence-corrected chi connectivity index (χ1v) is 6.78. The number of nitrogens with two attached hydrogens (primary N) is 2. The minimum absolute atomic E-state index is 0.109. The fourth-order valence-corrected chi connectivity index (χ4v) is 2.66. The van der Waals surface area contributed by atoms with Crippen LogP contribution in [-0.2, 0) is 0 Å². The highest BCUT2D eigenvalue weighted by Crippen LogP contribution is 2.16. The molecule has 1 aliphatic rings. The molecule has 1 aromatic carbocycles. The van der Waals surface area contributed by atoms with Crippen molar-refractivity contribution >= 4 is 17.3 Å². The van der Waals surface area contributed by atoms with Crippen LogP contribution in [0.25, 0.3) is 0 Å². The van der Waals surface area contributed by atoms with Gasteiger partial charge in [-0.25, -0.2) is 0 Å². The molecule has 19 heavy (non-hydrogen) atoms. The van der Waals surface area contributed by atoms with Crippen molar-refractivity contribution in [2.75, 3.05) is 31.1 Å². The highest BCUT2D eigenvalue weighted by Gasteiger charge is 2.23. The lowest BCUT2D eigenvalue weighted by Gasteiger charge is -2.22. The van der Waals surface area contributed by atoms with E-state index in [-0.39, 0.29) is 5.91 Å². The van der Waals surface area contributed by atoms with E-state index in [2.05, 4.69) is 17.1 Å². The minimum Gasteiger partial charge on any atom is -0.399 e. The maximum absolute atomic E-state index is 12.1. The second-order valence-electron chi connectivity index (χ2n) is 5.02. The van der Waals surface area contributed by atoms with Crippen LogP contribution in [0.2, 0.25) is 0 Å². The fraction of sp³-hybridized carbons (Fsp3) is 0.500. The Bertz CT molecular complexity index is 441.